The molecule has 2 aromatic rings. The molecule has 1 unspecified atom stereocenters. The molecule has 21 heavy (non-hydrogen) atoms. The number of thioether (sulfide) groups is 1. The number of rotatable bonds is 8. The predicted molar refractivity (Wildman–Crippen MR) is 86.1 cm³/mol. The van der Waals surface area contributed by atoms with E-state index in [9.17, 15) is 4.39 Å². The largest absolute Gasteiger partial charge is 0.309 e. The molecule has 1 heterocycles. The van der Waals surface area contributed by atoms with Gasteiger partial charge in [0.2, 0.25) is 0 Å². The first-order chi connectivity index (χ1) is 10.2. The normalized spacial score (nSPS) is 12.5. The molecule has 0 radical (unpaired) electrons. The molecule has 0 aliphatic carbocycles. The number of hydrogen-bond acceptors (Lipinski definition) is 3. The smallest absolute Gasteiger partial charge is 0.124 e. The van der Waals surface area contributed by atoms with Gasteiger partial charge in [-0.3, -0.25) is 4.68 Å². The molecule has 0 aliphatic rings. The highest BCUT2D eigenvalue weighted by Gasteiger charge is 2.13. The zero-order valence-corrected chi connectivity index (χ0v) is 13.4. The van der Waals surface area contributed by atoms with Gasteiger partial charge >= 0.3 is 0 Å². The number of hydrogen-bond donors (Lipinski definition) is 1. The molecule has 1 atom stereocenters. The molecule has 2 rings (SSSR count). The standard InChI is InChI=1S/C16H22FN3S/c1-3-8-20-11-13(10-19-20)16(18-4-2)12-21-15-7-5-6-14(17)9-15/h5-7,9-11,16,18H,3-4,8,12H2,1-2H3. The Hall–Kier alpha value is -1.33. The van der Waals surface area contributed by atoms with Crippen molar-refractivity contribution in [3.8, 4) is 0 Å². The Kier molecular flexibility index (Phi) is 6.26. The summed E-state index contributed by atoms with van der Waals surface area (Å²) in [6, 6.07) is 6.97. The maximum atomic E-state index is 13.2. The third-order valence-electron chi connectivity index (χ3n) is 3.17. The van der Waals surface area contributed by atoms with Crippen molar-refractivity contribution in [3.63, 3.8) is 0 Å². The van der Waals surface area contributed by atoms with Crippen molar-refractivity contribution in [2.45, 2.75) is 37.8 Å². The molecular weight excluding hydrogens is 285 g/mol. The molecule has 1 aromatic carbocycles. The van der Waals surface area contributed by atoms with Crippen molar-refractivity contribution < 1.29 is 4.39 Å². The maximum Gasteiger partial charge on any atom is 0.124 e. The van der Waals surface area contributed by atoms with E-state index in [1.807, 2.05) is 16.9 Å². The van der Waals surface area contributed by atoms with Crippen LogP contribution in [-0.2, 0) is 6.54 Å². The Labute approximate surface area is 129 Å². The molecule has 0 fully saturated rings. The van der Waals surface area contributed by atoms with Crippen LogP contribution in [0.4, 0.5) is 4.39 Å². The van der Waals surface area contributed by atoms with E-state index in [0.29, 0.717) is 0 Å². The maximum absolute atomic E-state index is 13.2. The van der Waals surface area contributed by atoms with Crippen molar-refractivity contribution >= 4 is 11.8 Å². The Morgan fingerprint density at radius 3 is 2.95 bits per heavy atom. The predicted octanol–water partition coefficient (Wildman–Crippen LogP) is 3.88. The number of nitrogens with zero attached hydrogens (tertiary/aromatic N) is 2. The third-order valence-corrected chi connectivity index (χ3v) is 4.26. The third kappa shape index (κ3) is 4.86. The highest BCUT2D eigenvalue weighted by atomic mass is 32.2. The van der Waals surface area contributed by atoms with E-state index in [1.165, 1.54) is 11.6 Å². The van der Waals surface area contributed by atoms with Gasteiger partial charge in [-0.25, -0.2) is 4.39 Å². The van der Waals surface area contributed by atoms with Crippen LogP contribution in [0.25, 0.3) is 0 Å². The Balaban J connectivity index is 2.00. The second kappa shape index (κ2) is 8.20. The zero-order chi connectivity index (χ0) is 15.1. The number of nitrogens with one attached hydrogen (secondary N) is 1. The second-order valence-electron chi connectivity index (χ2n) is 4.92. The molecular formula is C16H22FN3S. The van der Waals surface area contributed by atoms with Crippen LogP contribution < -0.4 is 5.32 Å². The Bertz CT molecular complexity index is 556. The first kappa shape index (κ1) is 16.0. The number of aryl methyl sites for hydroxylation is 1. The van der Waals surface area contributed by atoms with Crippen LogP contribution in [0.15, 0.2) is 41.6 Å². The van der Waals surface area contributed by atoms with E-state index in [1.54, 1.807) is 23.9 Å². The number of halogens is 1. The molecule has 0 amide bonds. The summed E-state index contributed by atoms with van der Waals surface area (Å²) in [6.45, 7) is 6.07. The number of aromatic nitrogens is 2. The molecule has 0 aliphatic heterocycles. The molecule has 5 heteroatoms. The summed E-state index contributed by atoms with van der Waals surface area (Å²) in [5, 5.41) is 7.86. The van der Waals surface area contributed by atoms with Gasteiger partial charge in [0.05, 0.1) is 6.20 Å². The van der Waals surface area contributed by atoms with E-state index < -0.39 is 0 Å². The molecule has 1 aromatic heterocycles. The lowest BCUT2D eigenvalue weighted by Crippen LogP contribution is -2.22. The molecule has 3 nitrogen and oxygen atoms in total. The molecule has 0 bridgehead atoms. The van der Waals surface area contributed by atoms with E-state index >= 15 is 0 Å². The summed E-state index contributed by atoms with van der Waals surface area (Å²) in [6.07, 6.45) is 5.10. The minimum Gasteiger partial charge on any atom is -0.309 e. The molecule has 1 N–H and O–H groups in total. The van der Waals surface area contributed by atoms with Crippen LogP contribution in [0.2, 0.25) is 0 Å². The fourth-order valence-corrected chi connectivity index (χ4v) is 3.21. The average molecular weight is 307 g/mol. The Morgan fingerprint density at radius 1 is 1.38 bits per heavy atom. The fourth-order valence-electron chi connectivity index (χ4n) is 2.17. The van der Waals surface area contributed by atoms with Gasteiger partial charge in [0.25, 0.3) is 0 Å². The summed E-state index contributed by atoms with van der Waals surface area (Å²) in [4.78, 5) is 0.957. The zero-order valence-electron chi connectivity index (χ0n) is 12.6. The van der Waals surface area contributed by atoms with Gasteiger partial charge in [-0.2, -0.15) is 5.10 Å². The lowest BCUT2D eigenvalue weighted by molar-refractivity contribution is 0.590. The van der Waals surface area contributed by atoms with Gasteiger partial charge in [0.15, 0.2) is 0 Å². The van der Waals surface area contributed by atoms with E-state index in [2.05, 4.69) is 30.5 Å². The Morgan fingerprint density at radius 2 is 2.24 bits per heavy atom. The summed E-state index contributed by atoms with van der Waals surface area (Å²) >= 11 is 1.66. The lowest BCUT2D eigenvalue weighted by Gasteiger charge is -2.16. The van der Waals surface area contributed by atoms with Crippen molar-refractivity contribution in [1.29, 1.82) is 0 Å². The molecule has 114 valence electrons. The summed E-state index contributed by atoms with van der Waals surface area (Å²) < 4.78 is 15.2. The van der Waals surface area contributed by atoms with Crippen LogP contribution in [0.3, 0.4) is 0 Å². The summed E-state index contributed by atoms with van der Waals surface area (Å²) in [5.41, 5.74) is 1.19. The van der Waals surface area contributed by atoms with Crippen LogP contribution in [0, 0.1) is 5.82 Å². The molecule has 0 saturated carbocycles. The minimum atomic E-state index is -0.184. The lowest BCUT2D eigenvalue weighted by atomic mass is 10.2. The van der Waals surface area contributed by atoms with Gasteiger partial charge < -0.3 is 5.32 Å². The molecule has 0 spiro atoms. The van der Waals surface area contributed by atoms with Crippen LogP contribution >= 0.6 is 11.8 Å². The second-order valence-corrected chi connectivity index (χ2v) is 6.01. The summed E-state index contributed by atoms with van der Waals surface area (Å²) in [7, 11) is 0. The van der Waals surface area contributed by atoms with E-state index in [-0.39, 0.29) is 11.9 Å². The summed E-state index contributed by atoms with van der Waals surface area (Å²) in [5.74, 6) is 0.672. The van der Waals surface area contributed by atoms with Crippen molar-refractivity contribution in [1.82, 2.24) is 15.1 Å². The SMILES string of the molecule is CCCn1cc(C(CSc2cccc(F)c2)NCC)cn1. The minimum absolute atomic E-state index is 0.184. The van der Waals surface area contributed by atoms with Gasteiger partial charge in [0, 0.05) is 35.0 Å². The average Bonchev–Trinajstić information content (AvgIpc) is 2.92. The van der Waals surface area contributed by atoms with Crippen LogP contribution in [0.1, 0.15) is 31.9 Å². The first-order valence-corrected chi connectivity index (χ1v) is 8.35. The van der Waals surface area contributed by atoms with Crippen molar-refractivity contribution in [3.05, 3.63) is 48.0 Å². The van der Waals surface area contributed by atoms with Crippen LogP contribution in [-0.4, -0.2) is 22.1 Å². The van der Waals surface area contributed by atoms with Crippen molar-refractivity contribution in [2.24, 2.45) is 0 Å². The number of benzene rings is 1. The van der Waals surface area contributed by atoms with Crippen LogP contribution in [0.5, 0.6) is 0 Å². The van der Waals surface area contributed by atoms with Gasteiger partial charge in [0.1, 0.15) is 5.82 Å². The van der Waals surface area contributed by atoms with Crippen molar-refractivity contribution in [2.75, 3.05) is 12.3 Å². The highest BCUT2D eigenvalue weighted by molar-refractivity contribution is 7.99. The van der Waals surface area contributed by atoms with Gasteiger partial charge in [-0.05, 0) is 31.2 Å². The van der Waals surface area contributed by atoms with Gasteiger partial charge in [-0.1, -0.05) is 19.9 Å². The van der Waals surface area contributed by atoms with E-state index in [0.717, 1.165) is 30.2 Å². The highest BCUT2D eigenvalue weighted by Crippen LogP contribution is 2.25. The molecule has 0 saturated heterocycles. The topological polar surface area (TPSA) is 29.9 Å². The monoisotopic (exact) mass is 307 g/mol. The van der Waals surface area contributed by atoms with Gasteiger partial charge in [-0.15, -0.1) is 11.8 Å². The fraction of sp³-hybridized carbons (Fsp3) is 0.438. The van der Waals surface area contributed by atoms with E-state index in [4.69, 9.17) is 0 Å². The first-order valence-electron chi connectivity index (χ1n) is 7.37. The quantitative estimate of drug-likeness (QED) is 0.751.